The minimum Gasteiger partial charge on any atom is -0.440 e. The van der Waals surface area contributed by atoms with Crippen LogP contribution < -0.4 is 11.1 Å². The standard InChI is InChI=1S/C23H35F3N4O4/c24-23(25,26)22(33)34-19(27)13-16-5-8-29(9-6-16)21(32)18(12-15-3-4-15)30-10-7-28-17(20(30)31)11-14-1-2-14/h14-19,28H,1-13,27H2/t17-,18-,19?/m0/s1. The molecule has 0 aromatic heterocycles. The molecule has 2 saturated heterocycles. The molecule has 2 aliphatic carbocycles. The number of carbonyl (C=O) groups is 3. The molecule has 4 rings (SSSR count). The lowest BCUT2D eigenvalue weighted by Gasteiger charge is -2.41. The number of nitrogens with one attached hydrogen (secondary N) is 1. The third-order valence-corrected chi connectivity index (χ3v) is 7.49. The number of hydrogen-bond acceptors (Lipinski definition) is 6. The van der Waals surface area contributed by atoms with E-state index in [1.54, 1.807) is 9.80 Å². The van der Waals surface area contributed by atoms with Crippen LogP contribution in [0.4, 0.5) is 13.2 Å². The highest BCUT2D eigenvalue weighted by atomic mass is 19.4. The molecule has 1 unspecified atom stereocenters. The van der Waals surface area contributed by atoms with E-state index in [0.29, 0.717) is 57.3 Å². The number of esters is 1. The molecule has 0 spiro atoms. The van der Waals surface area contributed by atoms with E-state index < -0.39 is 24.4 Å². The lowest BCUT2D eigenvalue weighted by Crippen LogP contribution is -2.62. The number of hydrogen-bond donors (Lipinski definition) is 2. The van der Waals surface area contributed by atoms with Crippen LogP contribution in [0.25, 0.3) is 0 Å². The molecule has 8 nitrogen and oxygen atoms in total. The van der Waals surface area contributed by atoms with Gasteiger partial charge >= 0.3 is 12.1 Å². The first-order chi connectivity index (χ1) is 16.1. The maximum Gasteiger partial charge on any atom is 0.490 e. The van der Waals surface area contributed by atoms with E-state index in [2.05, 4.69) is 10.1 Å². The summed E-state index contributed by atoms with van der Waals surface area (Å²) in [4.78, 5) is 41.3. The van der Waals surface area contributed by atoms with Crippen molar-refractivity contribution in [1.29, 1.82) is 0 Å². The van der Waals surface area contributed by atoms with Gasteiger partial charge in [-0.15, -0.1) is 0 Å². The summed E-state index contributed by atoms with van der Waals surface area (Å²) < 4.78 is 41.4. The number of carbonyl (C=O) groups excluding carboxylic acids is 3. The summed E-state index contributed by atoms with van der Waals surface area (Å²) in [5, 5.41) is 3.32. The number of amides is 2. The number of halogens is 3. The highest BCUT2D eigenvalue weighted by molar-refractivity contribution is 5.90. The van der Waals surface area contributed by atoms with Crippen molar-refractivity contribution in [2.24, 2.45) is 23.5 Å². The van der Waals surface area contributed by atoms with Gasteiger partial charge in [0.2, 0.25) is 11.8 Å². The highest BCUT2D eigenvalue weighted by Crippen LogP contribution is 2.37. The number of nitrogens with two attached hydrogens (primary N) is 1. The fourth-order valence-electron chi connectivity index (χ4n) is 5.15. The Kier molecular flexibility index (Phi) is 7.71. The molecule has 0 bridgehead atoms. The third-order valence-electron chi connectivity index (χ3n) is 7.49. The van der Waals surface area contributed by atoms with Crippen molar-refractivity contribution >= 4 is 17.8 Å². The molecule has 0 aromatic carbocycles. The lowest BCUT2D eigenvalue weighted by molar-refractivity contribution is -0.205. The molecule has 2 saturated carbocycles. The fourth-order valence-corrected chi connectivity index (χ4v) is 5.15. The van der Waals surface area contributed by atoms with Gasteiger partial charge in [-0.05, 0) is 43.4 Å². The van der Waals surface area contributed by atoms with Crippen LogP contribution in [-0.4, -0.2) is 78.3 Å². The molecule has 2 amide bonds. The van der Waals surface area contributed by atoms with Gasteiger partial charge in [-0.25, -0.2) is 4.79 Å². The molecule has 3 atom stereocenters. The summed E-state index contributed by atoms with van der Waals surface area (Å²) in [6.07, 6.45) is 0.913. The average Bonchev–Trinajstić information content (AvgIpc) is 3.70. The van der Waals surface area contributed by atoms with E-state index in [1.165, 1.54) is 12.8 Å². The van der Waals surface area contributed by atoms with E-state index in [0.717, 1.165) is 19.3 Å². The first-order valence-electron chi connectivity index (χ1n) is 12.5. The minimum absolute atomic E-state index is 0.0291. The summed E-state index contributed by atoms with van der Waals surface area (Å²) in [5.74, 6) is -1.22. The Labute approximate surface area is 197 Å². The van der Waals surface area contributed by atoms with Crippen LogP contribution in [-0.2, 0) is 19.1 Å². The zero-order valence-electron chi connectivity index (χ0n) is 19.4. The van der Waals surface area contributed by atoms with Gasteiger partial charge in [-0.1, -0.05) is 25.7 Å². The smallest absolute Gasteiger partial charge is 0.440 e. The van der Waals surface area contributed by atoms with Gasteiger partial charge in [0.15, 0.2) is 6.23 Å². The zero-order chi connectivity index (χ0) is 24.5. The molecule has 0 radical (unpaired) electrons. The normalized spacial score (nSPS) is 26.4. The Morgan fingerprint density at radius 1 is 1.00 bits per heavy atom. The van der Waals surface area contributed by atoms with Gasteiger partial charge in [0.25, 0.3) is 0 Å². The quantitative estimate of drug-likeness (QED) is 0.379. The van der Waals surface area contributed by atoms with E-state index in [1.807, 2.05) is 0 Å². The maximum atomic E-state index is 13.5. The molecule has 3 N–H and O–H groups in total. The first-order valence-corrected chi connectivity index (χ1v) is 12.5. The highest BCUT2D eigenvalue weighted by Gasteiger charge is 2.44. The molecule has 4 aliphatic rings. The number of piperazine rings is 1. The van der Waals surface area contributed by atoms with Crippen molar-refractivity contribution in [3.8, 4) is 0 Å². The monoisotopic (exact) mass is 488 g/mol. The Balaban J connectivity index is 1.30. The summed E-state index contributed by atoms with van der Waals surface area (Å²) in [7, 11) is 0. The van der Waals surface area contributed by atoms with E-state index >= 15 is 0 Å². The van der Waals surface area contributed by atoms with E-state index in [-0.39, 0.29) is 30.2 Å². The van der Waals surface area contributed by atoms with Crippen molar-refractivity contribution in [3.63, 3.8) is 0 Å². The van der Waals surface area contributed by atoms with Gasteiger partial charge in [0.1, 0.15) is 6.04 Å². The number of rotatable bonds is 9. The Morgan fingerprint density at radius 3 is 2.21 bits per heavy atom. The van der Waals surface area contributed by atoms with Gasteiger partial charge in [0.05, 0.1) is 6.04 Å². The molecule has 0 aromatic rings. The van der Waals surface area contributed by atoms with Crippen molar-refractivity contribution < 1.29 is 32.3 Å². The summed E-state index contributed by atoms with van der Waals surface area (Å²) in [6.45, 7) is 2.12. The van der Waals surface area contributed by atoms with Crippen molar-refractivity contribution in [2.75, 3.05) is 26.2 Å². The predicted octanol–water partition coefficient (Wildman–Crippen LogP) is 1.77. The van der Waals surface area contributed by atoms with Crippen molar-refractivity contribution in [3.05, 3.63) is 0 Å². The molecule has 2 aliphatic heterocycles. The van der Waals surface area contributed by atoms with Crippen LogP contribution in [0, 0.1) is 17.8 Å². The molecule has 34 heavy (non-hydrogen) atoms. The van der Waals surface area contributed by atoms with Crippen LogP contribution in [0.3, 0.4) is 0 Å². The SMILES string of the molecule is NC(CC1CCN(C(=O)[C@H](CC2CC2)N2CCN[C@@H](CC3CC3)C2=O)CC1)OC(=O)C(F)(F)F. The van der Waals surface area contributed by atoms with Crippen LogP contribution >= 0.6 is 0 Å². The topological polar surface area (TPSA) is 105 Å². The third kappa shape index (κ3) is 6.62. The summed E-state index contributed by atoms with van der Waals surface area (Å²) >= 11 is 0. The molecular formula is C23H35F3N4O4. The fraction of sp³-hybridized carbons (Fsp3) is 0.870. The average molecular weight is 489 g/mol. The van der Waals surface area contributed by atoms with Crippen molar-refractivity contribution in [2.45, 2.75) is 82.3 Å². The number of likely N-dealkylation sites (tertiary alicyclic amines) is 1. The summed E-state index contributed by atoms with van der Waals surface area (Å²) in [5.41, 5.74) is 5.60. The van der Waals surface area contributed by atoms with Crippen LogP contribution in [0.1, 0.15) is 57.8 Å². The first kappa shape index (κ1) is 25.2. The largest absolute Gasteiger partial charge is 0.490 e. The van der Waals surface area contributed by atoms with Crippen LogP contribution in [0.5, 0.6) is 0 Å². The second-order valence-corrected chi connectivity index (χ2v) is 10.4. The molecule has 2 heterocycles. The van der Waals surface area contributed by atoms with Gasteiger partial charge < -0.3 is 19.9 Å². The van der Waals surface area contributed by atoms with Crippen LogP contribution in [0.15, 0.2) is 0 Å². The molecular weight excluding hydrogens is 453 g/mol. The zero-order valence-corrected chi connectivity index (χ0v) is 19.4. The number of piperidine rings is 1. The maximum absolute atomic E-state index is 13.5. The van der Waals surface area contributed by atoms with Gasteiger partial charge in [0, 0.05) is 32.6 Å². The number of ether oxygens (including phenoxy) is 1. The molecule has 192 valence electrons. The minimum atomic E-state index is -5.07. The lowest BCUT2D eigenvalue weighted by atomic mass is 9.92. The molecule has 4 fully saturated rings. The Bertz CT molecular complexity index is 764. The van der Waals surface area contributed by atoms with Crippen molar-refractivity contribution in [1.82, 2.24) is 15.1 Å². The van der Waals surface area contributed by atoms with E-state index in [9.17, 15) is 27.6 Å². The number of nitrogens with zero attached hydrogens (tertiary/aromatic N) is 2. The van der Waals surface area contributed by atoms with Crippen LogP contribution in [0.2, 0.25) is 0 Å². The summed E-state index contributed by atoms with van der Waals surface area (Å²) in [6, 6.07) is -0.655. The van der Waals surface area contributed by atoms with E-state index in [4.69, 9.17) is 5.73 Å². The predicted molar refractivity (Wildman–Crippen MR) is 116 cm³/mol. The Morgan fingerprint density at radius 2 is 1.62 bits per heavy atom. The number of alkyl halides is 3. The van der Waals surface area contributed by atoms with Gasteiger partial charge in [-0.3, -0.25) is 15.3 Å². The Hall–Kier alpha value is -1.88. The molecule has 11 heteroatoms. The second kappa shape index (κ2) is 10.4. The second-order valence-electron chi connectivity index (χ2n) is 10.4. The van der Waals surface area contributed by atoms with Gasteiger partial charge in [-0.2, -0.15) is 13.2 Å².